The Morgan fingerprint density at radius 2 is 1.90 bits per heavy atom. The van der Waals surface area contributed by atoms with Crippen LogP contribution < -0.4 is 21.1 Å². The summed E-state index contributed by atoms with van der Waals surface area (Å²) in [5.41, 5.74) is 10.1. The van der Waals surface area contributed by atoms with Crippen molar-refractivity contribution in [2.45, 2.75) is 6.42 Å². The molecule has 0 aliphatic carbocycles. The number of esters is 1. The van der Waals surface area contributed by atoms with Crippen LogP contribution in [-0.4, -0.2) is 57.6 Å². The van der Waals surface area contributed by atoms with Crippen LogP contribution in [0.5, 0.6) is 5.75 Å². The number of methoxy groups -OCH3 is 1. The number of H-pyrrole nitrogens is 1. The van der Waals surface area contributed by atoms with Crippen molar-refractivity contribution < 1.29 is 19.1 Å². The predicted octanol–water partition coefficient (Wildman–Crippen LogP) is 2.94. The smallest absolute Gasteiger partial charge is 0.341 e. The summed E-state index contributed by atoms with van der Waals surface area (Å²) in [6, 6.07) is 17.6. The fourth-order valence-corrected chi connectivity index (χ4v) is 4.36. The molecule has 6 N–H and O–H groups in total. The van der Waals surface area contributed by atoms with Gasteiger partial charge in [-0.15, -0.1) is 0 Å². The van der Waals surface area contributed by atoms with E-state index in [1.54, 1.807) is 36.4 Å². The monoisotopic (exact) mass is 540 g/mol. The summed E-state index contributed by atoms with van der Waals surface area (Å²) >= 11 is 0. The molecule has 0 bridgehead atoms. The van der Waals surface area contributed by atoms with E-state index in [0.717, 1.165) is 33.7 Å². The third kappa shape index (κ3) is 5.55. The van der Waals surface area contributed by atoms with E-state index in [4.69, 9.17) is 25.6 Å². The highest BCUT2D eigenvalue weighted by Crippen LogP contribution is 2.22. The summed E-state index contributed by atoms with van der Waals surface area (Å²) in [6.07, 6.45) is 0.460. The molecule has 12 heteroatoms. The van der Waals surface area contributed by atoms with Crippen molar-refractivity contribution in [2.24, 2.45) is 12.8 Å². The second kappa shape index (κ2) is 11.2. The fourth-order valence-electron chi connectivity index (χ4n) is 4.36. The molecule has 0 aliphatic heterocycles. The summed E-state index contributed by atoms with van der Waals surface area (Å²) < 4.78 is 12.4. The van der Waals surface area contributed by atoms with Crippen molar-refractivity contribution in [1.29, 1.82) is 5.41 Å². The number of para-hydroxylation sites is 1. The first-order valence-electron chi connectivity index (χ1n) is 12.5. The van der Waals surface area contributed by atoms with Crippen LogP contribution in [-0.2, 0) is 18.2 Å². The van der Waals surface area contributed by atoms with Crippen molar-refractivity contribution in [1.82, 2.24) is 24.8 Å². The molecule has 12 nitrogen and oxygen atoms in total. The number of rotatable bonds is 9. The number of nitrogens with two attached hydrogens (primary N) is 1. The Morgan fingerprint density at radius 3 is 2.70 bits per heavy atom. The van der Waals surface area contributed by atoms with Gasteiger partial charge in [-0.2, -0.15) is 0 Å². The van der Waals surface area contributed by atoms with Crippen LogP contribution in [0.25, 0.3) is 22.1 Å². The molecule has 0 saturated carbocycles. The maximum Gasteiger partial charge on any atom is 0.341 e. The highest BCUT2D eigenvalue weighted by atomic mass is 16.5. The number of aromatic amines is 1. The maximum absolute atomic E-state index is 12.8. The molecule has 2 heterocycles. The number of imidazole rings is 2. The van der Waals surface area contributed by atoms with Crippen LogP contribution in [0.3, 0.4) is 0 Å². The number of aryl methyl sites for hydroxylation is 1. The number of aromatic nitrogens is 4. The number of hydrogen-bond acceptors (Lipinski definition) is 7. The predicted molar refractivity (Wildman–Crippen MR) is 151 cm³/mol. The lowest BCUT2D eigenvalue weighted by atomic mass is 10.2. The van der Waals surface area contributed by atoms with Gasteiger partial charge in [0.15, 0.2) is 5.96 Å². The van der Waals surface area contributed by atoms with E-state index < -0.39 is 5.97 Å². The number of guanidine groups is 1. The molecular formula is C28H28N8O4. The lowest BCUT2D eigenvalue weighted by molar-refractivity contribution is 0.0595. The Labute approximate surface area is 229 Å². The molecule has 5 rings (SSSR count). The number of nitrogens with zero attached hydrogens (tertiary/aromatic N) is 3. The molecule has 5 aromatic rings. The summed E-state index contributed by atoms with van der Waals surface area (Å²) in [5, 5.41) is 13.0. The van der Waals surface area contributed by atoms with Gasteiger partial charge >= 0.3 is 5.97 Å². The van der Waals surface area contributed by atoms with Crippen molar-refractivity contribution in [3.8, 4) is 5.75 Å². The maximum atomic E-state index is 12.8. The molecule has 0 unspecified atom stereocenters. The number of carbonyl (C=O) groups is 2. The largest absolute Gasteiger partial charge is 0.491 e. The zero-order valence-corrected chi connectivity index (χ0v) is 21.9. The Hall–Kier alpha value is -5.39. The van der Waals surface area contributed by atoms with Gasteiger partial charge in [-0.1, -0.05) is 12.1 Å². The van der Waals surface area contributed by atoms with Gasteiger partial charge in [0.2, 0.25) is 0 Å². The van der Waals surface area contributed by atoms with Gasteiger partial charge in [-0.05, 0) is 48.5 Å². The third-order valence-electron chi connectivity index (χ3n) is 6.31. The first-order chi connectivity index (χ1) is 19.3. The van der Waals surface area contributed by atoms with Gasteiger partial charge in [0.1, 0.15) is 29.6 Å². The van der Waals surface area contributed by atoms with E-state index in [2.05, 4.69) is 20.6 Å². The van der Waals surface area contributed by atoms with E-state index in [-0.39, 0.29) is 25.0 Å². The Kier molecular flexibility index (Phi) is 7.31. The van der Waals surface area contributed by atoms with Crippen LogP contribution in [0, 0.1) is 5.41 Å². The number of hydrogen-bond donors (Lipinski definition) is 5. The number of ether oxygens (including phenoxy) is 2. The fraction of sp³-hybridized carbons (Fsp3) is 0.179. The Bertz CT molecular complexity index is 1740. The second-order valence-electron chi connectivity index (χ2n) is 9.01. The normalized spacial score (nSPS) is 10.9. The molecule has 0 radical (unpaired) electrons. The van der Waals surface area contributed by atoms with Crippen LogP contribution in [0.4, 0.5) is 5.69 Å². The van der Waals surface area contributed by atoms with E-state index in [0.29, 0.717) is 29.0 Å². The van der Waals surface area contributed by atoms with E-state index >= 15 is 0 Å². The lowest BCUT2D eigenvalue weighted by Gasteiger charge is -2.11. The zero-order valence-electron chi connectivity index (χ0n) is 21.9. The Morgan fingerprint density at radius 1 is 1.07 bits per heavy atom. The third-order valence-corrected chi connectivity index (χ3v) is 6.31. The summed E-state index contributed by atoms with van der Waals surface area (Å²) in [5.74, 6) is 1.04. The summed E-state index contributed by atoms with van der Waals surface area (Å²) in [6.45, 7) is 0.431. The number of benzene rings is 3. The first kappa shape index (κ1) is 26.2. The molecular weight excluding hydrogens is 512 g/mol. The summed E-state index contributed by atoms with van der Waals surface area (Å²) in [4.78, 5) is 37.4. The minimum Gasteiger partial charge on any atom is -0.491 e. The second-order valence-corrected chi connectivity index (χ2v) is 9.01. The molecule has 0 saturated heterocycles. The van der Waals surface area contributed by atoms with E-state index in [9.17, 15) is 9.59 Å². The average Bonchev–Trinajstić information content (AvgIpc) is 3.49. The highest BCUT2D eigenvalue weighted by Gasteiger charge is 2.15. The van der Waals surface area contributed by atoms with Gasteiger partial charge in [0, 0.05) is 18.3 Å². The molecule has 0 fully saturated rings. The van der Waals surface area contributed by atoms with Crippen LogP contribution >= 0.6 is 0 Å². The molecule has 0 atom stereocenters. The molecule has 40 heavy (non-hydrogen) atoms. The number of fused-ring (bicyclic) bond motifs is 2. The minimum atomic E-state index is -0.486. The quantitative estimate of drug-likeness (QED) is 0.0821. The van der Waals surface area contributed by atoms with Crippen LogP contribution in [0.1, 0.15) is 32.4 Å². The van der Waals surface area contributed by atoms with Gasteiger partial charge in [-0.25, -0.2) is 14.8 Å². The highest BCUT2D eigenvalue weighted by molar-refractivity contribution is 5.97. The first-order valence-corrected chi connectivity index (χ1v) is 12.5. The van der Waals surface area contributed by atoms with Crippen LogP contribution in [0.2, 0.25) is 0 Å². The number of amides is 1. The molecule has 1 amide bonds. The van der Waals surface area contributed by atoms with E-state index in [1.165, 1.54) is 7.11 Å². The van der Waals surface area contributed by atoms with Crippen molar-refractivity contribution >= 4 is 45.6 Å². The van der Waals surface area contributed by atoms with Gasteiger partial charge in [0.25, 0.3) is 5.91 Å². The zero-order chi connectivity index (χ0) is 28.2. The van der Waals surface area contributed by atoms with Crippen molar-refractivity contribution in [3.63, 3.8) is 0 Å². The minimum absolute atomic E-state index is 0.141. The van der Waals surface area contributed by atoms with Gasteiger partial charge in [-0.3, -0.25) is 10.2 Å². The average molecular weight is 541 g/mol. The van der Waals surface area contributed by atoms with E-state index in [1.807, 2.05) is 35.9 Å². The lowest BCUT2D eigenvalue weighted by Crippen LogP contribution is -2.28. The van der Waals surface area contributed by atoms with Crippen molar-refractivity contribution in [3.05, 3.63) is 83.4 Å². The number of nitrogens with one attached hydrogen (secondary N) is 4. The standard InChI is InChI=1S/C28H28N8O4/c1-36-22-13-16(26(37)31-11-12-40-23-6-4-3-5-18(23)27(38)39-2)7-9-20(22)35-25(36)15-24-33-19-10-8-17(32-28(29)30)14-21(19)34-24/h3-10,13-14H,11-12,15H2,1-2H3,(H,31,37)(H,33,34)(H4,29,30,32). The summed E-state index contributed by atoms with van der Waals surface area (Å²) in [7, 11) is 3.21. The van der Waals surface area contributed by atoms with Gasteiger partial charge in [0.05, 0.1) is 42.1 Å². The Balaban J connectivity index is 1.24. The number of carbonyl (C=O) groups excluding carboxylic acids is 2. The van der Waals surface area contributed by atoms with Crippen molar-refractivity contribution in [2.75, 3.05) is 25.6 Å². The topological polar surface area (TPSA) is 173 Å². The molecule has 204 valence electrons. The van der Waals surface area contributed by atoms with Gasteiger partial charge < -0.3 is 35.4 Å². The van der Waals surface area contributed by atoms with Crippen LogP contribution in [0.15, 0.2) is 60.7 Å². The molecule has 3 aromatic carbocycles. The number of anilines is 1. The molecule has 2 aromatic heterocycles. The SMILES string of the molecule is COC(=O)c1ccccc1OCCNC(=O)c1ccc2nc(Cc3nc4cc(NC(=N)N)ccc4[nH]3)n(C)c2c1. The molecule has 0 spiro atoms. The molecule has 0 aliphatic rings.